The Kier molecular flexibility index (Phi) is 3.82. The summed E-state index contributed by atoms with van der Waals surface area (Å²) in [5.74, 6) is 0.394. The van der Waals surface area contributed by atoms with Crippen molar-refractivity contribution in [1.29, 1.82) is 0 Å². The lowest BCUT2D eigenvalue weighted by Crippen LogP contribution is -2.28. The van der Waals surface area contributed by atoms with Crippen LogP contribution in [0.3, 0.4) is 0 Å². The molecule has 0 bridgehead atoms. The van der Waals surface area contributed by atoms with Crippen LogP contribution in [0.1, 0.15) is 20.8 Å². The fraction of sp³-hybridized carbons (Fsp3) is 0.600. The molecule has 0 aliphatic carbocycles. The number of hydrogen-bond donors (Lipinski definition) is 1. The molecule has 0 atom stereocenters. The highest BCUT2D eigenvalue weighted by molar-refractivity contribution is 5.43. The van der Waals surface area contributed by atoms with Crippen LogP contribution in [0, 0.1) is 5.82 Å². The average Bonchev–Trinajstić information content (AvgIpc) is 2.20. The maximum Gasteiger partial charge on any atom is 0.224 e. The van der Waals surface area contributed by atoms with Gasteiger partial charge in [-0.1, -0.05) is 0 Å². The molecule has 4 nitrogen and oxygen atoms in total. The van der Waals surface area contributed by atoms with E-state index in [0.717, 1.165) is 6.54 Å². The summed E-state index contributed by atoms with van der Waals surface area (Å²) < 4.78 is 13.4. The summed E-state index contributed by atoms with van der Waals surface area (Å²) >= 11 is 0. The van der Waals surface area contributed by atoms with E-state index in [-0.39, 0.29) is 6.04 Å². The van der Waals surface area contributed by atoms with Gasteiger partial charge < -0.3 is 10.2 Å². The number of nitrogens with zero attached hydrogens (tertiary/aromatic N) is 3. The van der Waals surface area contributed by atoms with E-state index in [1.807, 2.05) is 27.8 Å². The van der Waals surface area contributed by atoms with Gasteiger partial charge in [-0.05, 0) is 20.8 Å². The highest BCUT2D eigenvalue weighted by Crippen LogP contribution is 2.17. The second kappa shape index (κ2) is 4.91. The summed E-state index contributed by atoms with van der Waals surface area (Å²) in [5.41, 5.74) is 0. The summed E-state index contributed by atoms with van der Waals surface area (Å²) in [7, 11) is 1.81. The Labute approximate surface area is 89.5 Å². The van der Waals surface area contributed by atoms with Gasteiger partial charge in [-0.2, -0.15) is 4.98 Å². The molecule has 1 heterocycles. The van der Waals surface area contributed by atoms with E-state index in [1.54, 1.807) is 4.90 Å². The minimum absolute atomic E-state index is 0.198. The number of hydrogen-bond acceptors (Lipinski definition) is 4. The second-order valence-electron chi connectivity index (χ2n) is 3.60. The smallest absolute Gasteiger partial charge is 0.224 e. The number of aromatic nitrogens is 2. The third-order valence-electron chi connectivity index (χ3n) is 2.17. The lowest BCUT2D eigenvalue weighted by Gasteiger charge is -2.23. The molecule has 1 N–H and O–H groups in total. The predicted octanol–water partition coefficient (Wildman–Crippen LogP) is 1.89. The van der Waals surface area contributed by atoms with Gasteiger partial charge in [-0.3, -0.25) is 0 Å². The number of nitrogens with one attached hydrogen (secondary N) is 1. The highest BCUT2D eigenvalue weighted by atomic mass is 19.1. The van der Waals surface area contributed by atoms with Crippen LogP contribution in [0.5, 0.6) is 0 Å². The Morgan fingerprint density at radius 2 is 2.20 bits per heavy atom. The Hall–Kier alpha value is -1.39. The standard InChI is InChI=1S/C10H17FN4/c1-5-12-10-13-6-8(11)9(14-10)15(4)7(2)3/h6-7H,5H2,1-4H3,(H,12,13,14). The molecule has 0 spiro atoms. The molecule has 0 aliphatic rings. The predicted molar refractivity (Wildman–Crippen MR) is 59.7 cm³/mol. The zero-order valence-corrected chi connectivity index (χ0v) is 9.58. The summed E-state index contributed by atoms with van der Waals surface area (Å²) in [4.78, 5) is 9.73. The summed E-state index contributed by atoms with van der Waals surface area (Å²) in [5, 5.41) is 2.95. The first-order chi connectivity index (χ1) is 7.06. The molecule has 5 heteroatoms. The van der Waals surface area contributed by atoms with Gasteiger partial charge in [0.05, 0.1) is 6.20 Å². The SMILES string of the molecule is CCNc1ncc(F)c(N(C)C(C)C)n1. The third-order valence-corrected chi connectivity index (χ3v) is 2.17. The maximum absolute atomic E-state index is 13.4. The molecule has 0 radical (unpaired) electrons. The van der Waals surface area contributed by atoms with Crippen LogP contribution in [0.2, 0.25) is 0 Å². The molecule has 0 saturated carbocycles. The molecule has 1 rings (SSSR count). The first-order valence-electron chi connectivity index (χ1n) is 5.05. The van der Waals surface area contributed by atoms with Crippen molar-refractivity contribution < 1.29 is 4.39 Å². The summed E-state index contributed by atoms with van der Waals surface area (Å²) in [6, 6.07) is 0.198. The molecule has 1 aromatic heterocycles. The first-order valence-corrected chi connectivity index (χ1v) is 5.05. The molecule has 0 aliphatic heterocycles. The Bertz CT molecular complexity index is 327. The van der Waals surface area contributed by atoms with Crippen molar-refractivity contribution in [3.05, 3.63) is 12.0 Å². The number of halogens is 1. The van der Waals surface area contributed by atoms with E-state index in [9.17, 15) is 4.39 Å². The fourth-order valence-electron chi connectivity index (χ4n) is 1.09. The monoisotopic (exact) mass is 212 g/mol. The Morgan fingerprint density at radius 3 is 2.73 bits per heavy atom. The molecular weight excluding hydrogens is 195 g/mol. The molecule has 0 unspecified atom stereocenters. The van der Waals surface area contributed by atoms with Crippen LogP contribution in [-0.4, -0.2) is 29.6 Å². The van der Waals surface area contributed by atoms with Gasteiger partial charge in [0, 0.05) is 19.6 Å². The van der Waals surface area contributed by atoms with Crippen LogP contribution >= 0.6 is 0 Å². The van der Waals surface area contributed by atoms with Crippen LogP contribution < -0.4 is 10.2 Å². The minimum atomic E-state index is -0.396. The van der Waals surface area contributed by atoms with Crippen molar-refractivity contribution in [3.63, 3.8) is 0 Å². The van der Waals surface area contributed by atoms with Gasteiger partial charge in [-0.15, -0.1) is 0 Å². The fourth-order valence-corrected chi connectivity index (χ4v) is 1.09. The number of rotatable bonds is 4. The molecular formula is C10H17FN4. The lowest BCUT2D eigenvalue weighted by atomic mass is 10.3. The van der Waals surface area contributed by atoms with Crippen molar-refractivity contribution in [2.75, 3.05) is 23.8 Å². The maximum atomic E-state index is 13.4. The molecule has 0 fully saturated rings. The van der Waals surface area contributed by atoms with Gasteiger partial charge in [0.25, 0.3) is 0 Å². The molecule has 0 saturated heterocycles. The summed E-state index contributed by atoms with van der Waals surface area (Å²) in [6.45, 7) is 6.62. The van der Waals surface area contributed by atoms with Crippen LogP contribution in [0.4, 0.5) is 16.2 Å². The van der Waals surface area contributed by atoms with Gasteiger partial charge in [0.2, 0.25) is 5.95 Å². The van der Waals surface area contributed by atoms with Crippen molar-refractivity contribution in [1.82, 2.24) is 9.97 Å². The van der Waals surface area contributed by atoms with Gasteiger partial charge in [0.1, 0.15) is 0 Å². The molecule has 0 aromatic carbocycles. The van der Waals surface area contributed by atoms with Crippen molar-refractivity contribution in [3.8, 4) is 0 Å². The molecule has 1 aromatic rings. The van der Waals surface area contributed by atoms with Crippen molar-refractivity contribution in [2.45, 2.75) is 26.8 Å². The van der Waals surface area contributed by atoms with E-state index in [2.05, 4.69) is 15.3 Å². The topological polar surface area (TPSA) is 41.1 Å². The Morgan fingerprint density at radius 1 is 1.53 bits per heavy atom. The third kappa shape index (κ3) is 2.78. The van der Waals surface area contributed by atoms with E-state index >= 15 is 0 Å². The van der Waals surface area contributed by atoms with Crippen molar-refractivity contribution in [2.24, 2.45) is 0 Å². The van der Waals surface area contributed by atoms with Gasteiger partial charge in [-0.25, -0.2) is 9.37 Å². The number of anilines is 2. The van der Waals surface area contributed by atoms with E-state index < -0.39 is 5.82 Å². The molecule has 0 amide bonds. The van der Waals surface area contributed by atoms with E-state index in [0.29, 0.717) is 11.8 Å². The highest BCUT2D eigenvalue weighted by Gasteiger charge is 2.13. The van der Waals surface area contributed by atoms with E-state index in [1.165, 1.54) is 6.20 Å². The lowest BCUT2D eigenvalue weighted by molar-refractivity contribution is 0.598. The van der Waals surface area contributed by atoms with Gasteiger partial charge >= 0.3 is 0 Å². The van der Waals surface area contributed by atoms with Crippen LogP contribution in [-0.2, 0) is 0 Å². The van der Waals surface area contributed by atoms with Crippen molar-refractivity contribution >= 4 is 11.8 Å². The van der Waals surface area contributed by atoms with Gasteiger partial charge in [0.15, 0.2) is 11.6 Å². The van der Waals surface area contributed by atoms with Crippen LogP contribution in [0.25, 0.3) is 0 Å². The van der Waals surface area contributed by atoms with E-state index in [4.69, 9.17) is 0 Å². The summed E-state index contributed by atoms with van der Waals surface area (Å²) in [6.07, 6.45) is 1.19. The molecule has 84 valence electrons. The largest absolute Gasteiger partial charge is 0.355 e. The normalized spacial score (nSPS) is 10.5. The molecule has 15 heavy (non-hydrogen) atoms. The minimum Gasteiger partial charge on any atom is -0.355 e. The zero-order chi connectivity index (χ0) is 11.4. The van der Waals surface area contributed by atoms with Crippen LogP contribution in [0.15, 0.2) is 6.20 Å². The quantitative estimate of drug-likeness (QED) is 0.827. The zero-order valence-electron chi connectivity index (χ0n) is 9.58. The average molecular weight is 212 g/mol. The Balaban J connectivity index is 2.99. The first kappa shape index (κ1) is 11.7. The second-order valence-corrected chi connectivity index (χ2v) is 3.60.